The highest BCUT2D eigenvalue weighted by Crippen LogP contribution is 2.12. The molecule has 0 spiro atoms. The van der Waals surface area contributed by atoms with Crippen LogP contribution in [-0.4, -0.2) is 42.0 Å². The highest BCUT2D eigenvalue weighted by atomic mass is 35.5. The fourth-order valence-corrected chi connectivity index (χ4v) is 1.87. The quantitative estimate of drug-likeness (QED) is 0.808. The minimum absolute atomic E-state index is 0. The van der Waals surface area contributed by atoms with Crippen LogP contribution in [0.25, 0.3) is 0 Å². The molecule has 0 aliphatic carbocycles. The first-order valence-corrected chi connectivity index (χ1v) is 5.49. The number of aromatic nitrogens is 1. The van der Waals surface area contributed by atoms with Gasteiger partial charge in [0.05, 0.1) is 5.02 Å². The van der Waals surface area contributed by atoms with E-state index in [9.17, 15) is 4.79 Å². The summed E-state index contributed by atoms with van der Waals surface area (Å²) in [5.41, 5.74) is 0.571. The lowest BCUT2D eigenvalue weighted by atomic mass is 10.3. The van der Waals surface area contributed by atoms with E-state index < -0.39 is 0 Å². The summed E-state index contributed by atoms with van der Waals surface area (Å²) in [5.74, 6) is 0.0330. The van der Waals surface area contributed by atoms with Gasteiger partial charge in [-0.25, -0.2) is 0 Å². The molecule has 90 valence electrons. The molecule has 1 amide bonds. The van der Waals surface area contributed by atoms with Gasteiger partial charge >= 0.3 is 0 Å². The number of carbonyl (C=O) groups is 1. The van der Waals surface area contributed by atoms with Crippen LogP contribution < -0.4 is 5.32 Å². The van der Waals surface area contributed by atoms with Gasteiger partial charge in [-0.05, 0) is 19.0 Å². The number of aromatic amines is 1. The van der Waals surface area contributed by atoms with E-state index in [0.29, 0.717) is 10.7 Å². The van der Waals surface area contributed by atoms with Gasteiger partial charge in [0.2, 0.25) is 0 Å². The lowest BCUT2D eigenvalue weighted by Gasteiger charge is -2.18. The van der Waals surface area contributed by atoms with E-state index in [-0.39, 0.29) is 18.3 Å². The first-order valence-electron chi connectivity index (χ1n) is 5.11. The van der Waals surface area contributed by atoms with Crippen LogP contribution in [0.5, 0.6) is 0 Å². The summed E-state index contributed by atoms with van der Waals surface area (Å²) in [6.07, 6.45) is 2.63. The topological polar surface area (TPSA) is 48.1 Å². The zero-order chi connectivity index (χ0) is 10.7. The Bertz CT molecular complexity index is 346. The molecule has 1 saturated heterocycles. The molecule has 1 aromatic rings. The summed E-state index contributed by atoms with van der Waals surface area (Å²) >= 11 is 5.76. The molecule has 2 heterocycles. The van der Waals surface area contributed by atoms with Gasteiger partial charge in [-0.2, -0.15) is 0 Å². The summed E-state index contributed by atoms with van der Waals surface area (Å²) in [6.45, 7) is 3.41. The molecule has 1 aliphatic heterocycles. The van der Waals surface area contributed by atoms with Crippen LogP contribution in [0, 0.1) is 0 Å². The molecule has 0 bridgehead atoms. The van der Waals surface area contributed by atoms with Gasteiger partial charge in [-0.1, -0.05) is 11.6 Å². The van der Waals surface area contributed by atoms with Gasteiger partial charge < -0.3 is 15.2 Å². The van der Waals surface area contributed by atoms with Crippen LogP contribution in [0.1, 0.15) is 16.9 Å². The molecule has 1 aromatic heterocycles. The number of rotatable bonds is 1. The Morgan fingerprint density at radius 1 is 1.38 bits per heavy atom. The Labute approximate surface area is 106 Å². The number of hydrogen-bond donors (Lipinski definition) is 2. The third-order valence-electron chi connectivity index (χ3n) is 2.51. The Morgan fingerprint density at radius 2 is 2.19 bits per heavy atom. The maximum absolute atomic E-state index is 12.0. The molecule has 2 N–H and O–H groups in total. The lowest BCUT2D eigenvalue weighted by molar-refractivity contribution is 0.0761. The van der Waals surface area contributed by atoms with Gasteiger partial charge in [0.15, 0.2) is 0 Å². The average Bonchev–Trinajstić information content (AvgIpc) is 2.53. The van der Waals surface area contributed by atoms with E-state index in [1.807, 2.05) is 4.90 Å². The van der Waals surface area contributed by atoms with Crippen molar-refractivity contribution in [2.24, 2.45) is 0 Å². The largest absolute Gasteiger partial charge is 0.356 e. The summed E-state index contributed by atoms with van der Waals surface area (Å²) in [4.78, 5) is 16.7. The fraction of sp³-hybridized carbons (Fsp3) is 0.500. The number of nitrogens with one attached hydrogen (secondary N) is 2. The maximum Gasteiger partial charge on any atom is 0.270 e. The second-order valence-corrected chi connectivity index (χ2v) is 4.06. The standard InChI is InChI=1S/C10H14ClN3O.ClH/c11-8-6-9(13-7-8)10(15)14-4-1-2-12-3-5-14;/h6-7,12-13H,1-5H2;1H. The molecule has 6 heteroatoms. The molecule has 1 aliphatic rings. The number of amides is 1. The number of nitrogens with zero attached hydrogens (tertiary/aromatic N) is 1. The van der Waals surface area contributed by atoms with E-state index in [4.69, 9.17) is 11.6 Å². The molecule has 16 heavy (non-hydrogen) atoms. The number of halogens is 2. The Morgan fingerprint density at radius 3 is 2.88 bits per heavy atom. The number of hydrogen-bond acceptors (Lipinski definition) is 2. The fourth-order valence-electron chi connectivity index (χ4n) is 1.71. The summed E-state index contributed by atoms with van der Waals surface area (Å²) in [6, 6.07) is 1.67. The SMILES string of the molecule is Cl.O=C(c1cc(Cl)c[nH]1)N1CCCNCC1. The Hall–Kier alpha value is -0.710. The first-order chi connectivity index (χ1) is 7.27. The molecule has 0 atom stereocenters. The summed E-state index contributed by atoms with van der Waals surface area (Å²) < 4.78 is 0. The van der Waals surface area contributed by atoms with Crippen LogP contribution >= 0.6 is 24.0 Å². The molecule has 0 radical (unpaired) electrons. The molecule has 2 rings (SSSR count). The van der Waals surface area contributed by atoms with Crippen LogP contribution in [0.4, 0.5) is 0 Å². The molecular weight excluding hydrogens is 249 g/mol. The van der Waals surface area contributed by atoms with E-state index in [1.54, 1.807) is 12.3 Å². The predicted molar refractivity (Wildman–Crippen MR) is 66.4 cm³/mol. The van der Waals surface area contributed by atoms with Crippen molar-refractivity contribution < 1.29 is 4.79 Å². The van der Waals surface area contributed by atoms with Crippen molar-refractivity contribution in [3.8, 4) is 0 Å². The Balaban J connectivity index is 0.00000128. The van der Waals surface area contributed by atoms with Crippen molar-refractivity contribution in [2.45, 2.75) is 6.42 Å². The second kappa shape index (κ2) is 6.13. The second-order valence-electron chi connectivity index (χ2n) is 3.63. The van der Waals surface area contributed by atoms with E-state index >= 15 is 0 Å². The van der Waals surface area contributed by atoms with Gasteiger partial charge in [0, 0.05) is 25.8 Å². The van der Waals surface area contributed by atoms with Crippen LogP contribution in [0.3, 0.4) is 0 Å². The zero-order valence-electron chi connectivity index (χ0n) is 8.83. The molecule has 0 aromatic carbocycles. The first kappa shape index (κ1) is 13.4. The van der Waals surface area contributed by atoms with Crippen molar-refractivity contribution in [1.29, 1.82) is 0 Å². The van der Waals surface area contributed by atoms with Gasteiger partial charge in [-0.15, -0.1) is 12.4 Å². The third kappa shape index (κ3) is 3.14. The van der Waals surface area contributed by atoms with Gasteiger partial charge in [0.1, 0.15) is 5.69 Å². The molecular formula is C10H15Cl2N3O. The molecule has 4 nitrogen and oxygen atoms in total. The van der Waals surface area contributed by atoms with Crippen molar-refractivity contribution in [2.75, 3.05) is 26.2 Å². The van der Waals surface area contributed by atoms with Crippen LogP contribution in [0.15, 0.2) is 12.3 Å². The monoisotopic (exact) mass is 263 g/mol. The smallest absolute Gasteiger partial charge is 0.270 e. The summed E-state index contributed by atoms with van der Waals surface area (Å²) in [7, 11) is 0. The van der Waals surface area contributed by atoms with Gasteiger partial charge in [0.25, 0.3) is 5.91 Å². The zero-order valence-corrected chi connectivity index (χ0v) is 10.4. The molecule has 0 unspecified atom stereocenters. The highest BCUT2D eigenvalue weighted by molar-refractivity contribution is 6.30. The molecule has 0 saturated carbocycles. The average molecular weight is 264 g/mol. The van der Waals surface area contributed by atoms with Crippen molar-refractivity contribution in [3.05, 3.63) is 23.0 Å². The predicted octanol–water partition coefficient (Wildman–Crippen LogP) is 1.53. The van der Waals surface area contributed by atoms with Crippen LogP contribution in [0.2, 0.25) is 5.02 Å². The Kier molecular flexibility index (Phi) is 5.12. The van der Waals surface area contributed by atoms with Crippen molar-refractivity contribution in [3.63, 3.8) is 0 Å². The minimum atomic E-state index is 0. The lowest BCUT2D eigenvalue weighted by Crippen LogP contribution is -2.34. The van der Waals surface area contributed by atoms with Crippen LogP contribution in [-0.2, 0) is 0 Å². The molecule has 1 fully saturated rings. The third-order valence-corrected chi connectivity index (χ3v) is 2.72. The van der Waals surface area contributed by atoms with Crippen molar-refractivity contribution in [1.82, 2.24) is 15.2 Å². The normalized spacial score (nSPS) is 16.4. The minimum Gasteiger partial charge on any atom is -0.356 e. The van der Waals surface area contributed by atoms with Crippen molar-refractivity contribution >= 4 is 29.9 Å². The number of H-pyrrole nitrogens is 1. The van der Waals surface area contributed by atoms with E-state index in [2.05, 4.69) is 10.3 Å². The highest BCUT2D eigenvalue weighted by Gasteiger charge is 2.17. The van der Waals surface area contributed by atoms with E-state index in [0.717, 1.165) is 32.6 Å². The number of carbonyl (C=O) groups excluding carboxylic acids is 1. The van der Waals surface area contributed by atoms with E-state index in [1.165, 1.54) is 0 Å². The maximum atomic E-state index is 12.0. The van der Waals surface area contributed by atoms with Gasteiger partial charge in [-0.3, -0.25) is 4.79 Å². The summed E-state index contributed by atoms with van der Waals surface area (Å²) in [5, 5.41) is 3.83.